The van der Waals surface area contributed by atoms with Crippen LogP contribution in [0.4, 0.5) is 0 Å². The first-order valence-corrected chi connectivity index (χ1v) is 9.84. The summed E-state index contributed by atoms with van der Waals surface area (Å²) in [6.07, 6.45) is 8.84. The smallest absolute Gasteiger partial charge is 0.220 e. The van der Waals surface area contributed by atoms with Crippen molar-refractivity contribution in [1.82, 2.24) is 10.2 Å². The summed E-state index contributed by atoms with van der Waals surface area (Å²) < 4.78 is 0. The number of benzene rings is 1. The predicted octanol–water partition coefficient (Wildman–Crippen LogP) is 3.72. The van der Waals surface area contributed by atoms with Crippen molar-refractivity contribution in [1.29, 1.82) is 0 Å². The number of nitrogens with zero attached hydrogens (tertiary/aromatic N) is 1. The molecule has 1 N–H and O–H groups in total. The molecule has 130 valence electrons. The Hall–Kier alpha value is -1.35. The molecule has 0 unspecified atom stereocenters. The molecule has 3 fully saturated rings. The third-order valence-corrected chi connectivity index (χ3v) is 6.52. The molecule has 1 aromatic carbocycles. The molecule has 0 radical (unpaired) electrons. The summed E-state index contributed by atoms with van der Waals surface area (Å²) in [4.78, 5) is 14.9. The van der Waals surface area contributed by atoms with Gasteiger partial charge in [0, 0.05) is 19.5 Å². The summed E-state index contributed by atoms with van der Waals surface area (Å²) in [7, 11) is 0. The predicted molar refractivity (Wildman–Crippen MR) is 96.4 cm³/mol. The highest BCUT2D eigenvalue weighted by Crippen LogP contribution is 2.49. The fourth-order valence-corrected chi connectivity index (χ4v) is 5.20. The maximum Gasteiger partial charge on any atom is 0.220 e. The van der Waals surface area contributed by atoms with E-state index < -0.39 is 0 Å². The van der Waals surface area contributed by atoms with Crippen LogP contribution >= 0.6 is 0 Å². The average Bonchev–Trinajstić information content (AvgIpc) is 3.32. The Morgan fingerprint density at radius 2 is 1.88 bits per heavy atom. The Kier molecular flexibility index (Phi) is 4.88. The number of hydrogen-bond acceptors (Lipinski definition) is 2. The molecule has 1 aliphatic heterocycles. The minimum absolute atomic E-state index is 0.253. The molecule has 2 saturated carbocycles. The van der Waals surface area contributed by atoms with Crippen molar-refractivity contribution in [3.8, 4) is 0 Å². The van der Waals surface area contributed by atoms with E-state index in [1.54, 1.807) is 0 Å². The minimum Gasteiger partial charge on any atom is -0.352 e. The van der Waals surface area contributed by atoms with E-state index in [0.29, 0.717) is 12.5 Å². The number of carbonyl (C=O) groups is 1. The highest BCUT2D eigenvalue weighted by atomic mass is 16.1. The molecular formula is C21H30N2O. The molecule has 3 heteroatoms. The highest BCUT2D eigenvalue weighted by molar-refractivity contribution is 5.76. The van der Waals surface area contributed by atoms with E-state index >= 15 is 0 Å². The van der Waals surface area contributed by atoms with Crippen LogP contribution < -0.4 is 5.32 Å². The van der Waals surface area contributed by atoms with Crippen LogP contribution in [0.15, 0.2) is 24.3 Å². The molecule has 3 aliphatic rings. The standard InChI is InChI=1S/C21H30N2O/c24-21(13-20-12-16-7-8-17(20)11-16)22-14-18-5-1-2-6-19(18)15-23-9-3-4-10-23/h1-2,5-6,16-17,20H,3-4,7-15H2,(H,22,24)/t16-,17-,20-/m1/s1. The van der Waals surface area contributed by atoms with E-state index in [1.807, 2.05) is 0 Å². The van der Waals surface area contributed by atoms with Crippen molar-refractivity contribution < 1.29 is 4.79 Å². The van der Waals surface area contributed by atoms with E-state index in [0.717, 1.165) is 24.8 Å². The molecule has 0 aromatic heterocycles. The quantitative estimate of drug-likeness (QED) is 0.864. The van der Waals surface area contributed by atoms with Crippen LogP contribution in [0.1, 0.15) is 56.1 Å². The van der Waals surface area contributed by atoms with Crippen LogP contribution in [-0.2, 0) is 17.9 Å². The van der Waals surface area contributed by atoms with Crippen LogP contribution in [0, 0.1) is 17.8 Å². The second kappa shape index (κ2) is 7.26. The number of nitrogens with one attached hydrogen (secondary N) is 1. The number of carbonyl (C=O) groups excluding carboxylic acids is 1. The molecule has 0 spiro atoms. The first kappa shape index (κ1) is 16.1. The molecule has 3 nitrogen and oxygen atoms in total. The Morgan fingerprint density at radius 1 is 1.08 bits per heavy atom. The Labute approximate surface area is 145 Å². The fourth-order valence-electron chi connectivity index (χ4n) is 5.20. The van der Waals surface area contributed by atoms with Gasteiger partial charge >= 0.3 is 0 Å². The molecule has 4 rings (SSSR count). The maximum atomic E-state index is 12.4. The second-order valence-electron chi connectivity index (χ2n) is 8.17. The van der Waals surface area contributed by atoms with Gasteiger partial charge in [-0.1, -0.05) is 30.7 Å². The summed E-state index contributed by atoms with van der Waals surface area (Å²) in [6, 6.07) is 8.59. The number of likely N-dealkylation sites (tertiary alicyclic amines) is 1. The van der Waals surface area contributed by atoms with Crippen molar-refractivity contribution in [3.05, 3.63) is 35.4 Å². The topological polar surface area (TPSA) is 32.3 Å². The van der Waals surface area contributed by atoms with Gasteiger partial charge in [-0.2, -0.15) is 0 Å². The Morgan fingerprint density at radius 3 is 2.58 bits per heavy atom. The van der Waals surface area contributed by atoms with Gasteiger partial charge in [0.05, 0.1) is 0 Å². The summed E-state index contributed by atoms with van der Waals surface area (Å²) >= 11 is 0. The minimum atomic E-state index is 0.253. The van der Waals surface area contributed by atoms with E-state index in [9.17, 15) is 4.79 Å². The second-order valence-corrected chi connectivity index (χ2v) is 8.17. The largest absolute Gasteiger partial charge is 0.352 e. The van der Waals surface area contributed by atoms with Gasteiger partial charge < -0.3 is 5.32 Å². The van der Waals surface area contributed by atoms with Crippen LogP contribution in [0.25, 0.3) is 0 Å². The summed E-state index contributed by atoms with van der Waals surface area (Å²) in [6.45, 7) is 4.14. The van der Waals surface area contributed by atoms with Crippen molar-refractivity contribution in [3.63, 3.8) is 0 Å². The first-order valence-electron chi connectivity index (χ1n) is 9.84. The van der Waals surface area contributed by atoms with Gasteiger partial charge in [0.1, 0.15) is 0 Å². The zero-order valence-corrected chi connectivity index (χ0v) is 14.7. The van der Waals surface area contributed by atoms with E-state index in [-0.39, 0.29) is 5.91 Å². The van der Waals surface area contributed by atoms with Crippen LogP contribution in [0.3, 0.4) is 0 Å². The molecule has 3 atom stereocenters. The molecule has 1 amide bonds. The van der Waals surface area contributed by atoms with Crippen molar-refractivity contribution >= 4 is 5.91 Å². The summed E-state index contributed by atoms with van der Waals surface area (Å²) in [5.41, 5.74) is 2.66. The molecule has 1 heterocycles. The molecular weight excluding hydrogens is 296 g/mol. The van der Waals surface area contributed by atoms with E-state index in [2.05, 4.69) is 34.5 Å². The van der Waals surface area contributed by atoms with Gasteiger partial charge in [-0.15, -0.1) is 0 Å². The lowest BCUT2D eigenvalue weighted by molar-refractivity contribution is -0.122. The molecule has 1 saturated heterocycles. The SMILES string of the molecule is O=C(C[C@H]1C[C@@H]2CC[C@@H]1C2)NCc1ccccc1CN1CCCC1. The average molecular weight is 326 g/mol. The van der Waals surface area contributed by atoms with E-state index in [1.165, 1.54) is 62.7 Å². The van der Waals surface area contributed by atoms with Crippen molar-refractivity contribution in [2.24, 2.45) is 17.8 Å². The summed E-state index contributed by atoms with van der Waals surface area (Å²) in [5, 5.41) is 3.19. The van der Waals surface area contributed by atoms with Gasteiger partial charge in [0.15, 0.2) is 0 Å². The first-order chi connectivity index (χ1) is 11.8. The normalized spacial score (nSPS) is 29.2. The lowest BCUT2D eigenvalue weighted by atomic mass is 9.86. The lowest BCUT2D eigenvalue weighted by Gasteiger charge is -2.21. The zero-order valence-electron chi connectivity index (χ0n) is 14.7. The highest BCUT2D eigenvalue weighted by Gasteiger charge is 2.40. The molecule has 2 bridgehead atoms. The molecule has 1 aromatic rings. The Balaban J connectivity index is 1.29. The molecule has 24 heavy (non-hydrogen) atoms. The van der Waals surface area contributed by atoms with Gasteiger partial charge in [-0.3, -0.25) is 9.69 Å². The Bertz CT molecular complexity index is 579. The maximum absolute atomic E-state index is 12.4. The van der Waals surface area contributed by atoms with Gasteiger partial charge in [-0.25, -0.2) is 0 Å². The van der Waals surface area contributed by atoms with Gasteiger partial charge in [0.2, 0.25) is 5.91 Å². The molecule has 2 aliphatic carbocycles. The summed E-state index contributed by atoms with van der Waals surface area (Å²) in [5.74, 6) is 2.67. The van der Waals surface area contributed by atoms with Crippen LogP contribution in [0.2, 0.25) is 0 Å². The van der Waals surface area contributed by atoms with Crippen molar-refractivity contribution in [2.75, 3.05) is 13.1 Å². The lowest BCUT2D eigenvalue weighted by Crippen LogP contribution is -2.28. The zero-order chi connectivity index (χ0) is 16.4. The van der Waals surface area contributed by atoms with Crippen molar-refractivity contribution in [2.45, 2.75) is 58.0 Å². The number of amides is 1. The monoisotopic (exact) mass is 326 g/mol. The third-order valence-electron chi connectivity index (χ3n) is 6.52. The fraction of sp³-hybridized carbons (Fsp3) is 0.667. The van der Waals surface area contributed by atoms with E-state index in [4.69, 9.17) is 0 Å². The number of hydrogen-bond donors (Lipinski definition) is 1. The number of rotatable bonds is 6. The third kappa shape index (κ3) is 3.66. The van der Waals surface area contributed by atoms with Crippen LogP contribution in [-0.4, -0.2) is 23.9 Å². The van der Waals surface area contributed by atoms with Crippen LogP contribution in [0.5, 0.6) is 0 Å². The number of fused-ring (bicyclic) bond motifs is 2. The van der Waals surface area contributed by atoms with Gasteiger partial charge in [-0.05, 0) is 74.1 Å². The van der Waals surface area contributed by atoms with Gasteiger partial charge in [0.25, 0.3) is 0 Å².